The van der Waals surface area contributed by atoms with Crippen LogP contribution in [0.5, 0.6) is 0 Å². The molecule has 0 aromatic heterocycles. The molecule has 1 aromatic carbocycles. The molecular weight excluding hydrogens is 243 g/mol. The molecule has 1 rings (SSSR count). The van der Waals surface area contributed by atoms with Gasteiger partial charge in [0.15, 0.2) is 5.78 Å². The molecule has 0 saturated carbocycles. The van der Waals surface area contributed by atoms with E-state index in [0.29, 0.717) is 5.56 Å². The topological polar surface area (TPSA) is 17.1 Å². The number of hydrogen-bond donors (Lipinski definition) is 0. The first kappa shape index (κ1) is 16.1. The third-order valence-corrected chi connectivity index (χ3v) is 1.82. The van der Waals surface area contributed by atoms with Gasteiger partial charge in [0, 0.05) is 0 Å². The van der Waals surface area contributed by atoms with Gasteiger partial charge in [-0.15, -0.1) is 5.46 Å². The quantitative estimate of drug-likeness (QED) is 0.516. The summed E-state index contributed by atoms with van der Waals surface area (Å²) in [5.74, 6) is -0.140. The number of carbonyl (C=O) groups is 1. The molecule has 0 heterocycles. The molecule has 0 aliphatic heterocycles. The first-order valence-electron chi connectivity index (χ1n) is 4.38. The van der Waals surface area contributed by atoms with Gasteiger partial charge in [-0.05, 0) is 18.6 Å². The Bertz CT molecular complexity index is 384. The van der Waals surface area contributed by atoms with Crippen molar-refractivity contribution in [2.45, 2.75) is 6.92 Å². The third kappa shape index (κ3) is 5.45. The van der Waals surface area contributed by atoms with E-state index in [4.69, 9.17) is 0 Å². The standard InChI is InChI=1S/C10H9BF3O.K/c1-8(15)2-3-9-4-6-10(7-5-9)11(12,13)14;/h2-7H,1H3;/q-1;+1/b3-2+;. The van der Waals surface area contributed by atoms with Crippen molar-refractivity contribution in [1.82, 2.24) is 0 Å². The zero-order chi connectivity index (χ0) is 11.5. The first-order chi connectivity index (χ1) is 6.89. The monoisotopic (exact) mass is 252 g/mol. The molecule has 0 bridgehead atoms. The van der Waals surface area contributed by atoms with Crippen molar-refractivity contribution in [2.24, 2.45) is 0 Å². The second-order valence-corrected chi connectivity index (χ2v) is 3.19. The maximum Gasteiger partial charge on any atom is 1.00 e. The molecule has 1 nitrogen and oxygen atoms in total. The summed E-state index contributed by atoms with van der Waals surface area (Å²) in [6.07, 6.45) is 2.79. The van der Waals surface area contributed by atoms with E-state index in [-0.39, 0.29) is 57.2 Å². The van der Waals surface area contributed by atoms with Crippen molar-refractivity contribution in [2.75, 3.05) is 0 Å². The molecule has 0 amide bonds. The van der Waals surface area contributed by atoms with Gasteiger partial charge in [-0.25, -0.2) is 0 Å². The third-order valence-electron chi connectivity index (χ3n) is 1.82. The molecule has 0 spiro atoms. The van der Waals surface area contributed by atoms with Crippen molar-refractivity contribution in [3.63, 3.8) is 0 Å². The zero-order valence-corrected chi connectivity index (χ0v) is 12.2. The first-order valence-corrected chi connectivity index (χ1v) is 4.38. The molecule has 80 valence electrons. The Balaban J connectivity index is 0.00000225. The summed E-state index contributed by atoms with van der Waals surface area (Å²) >= 11 is 0. The predicted octanol–water partition coefficient (Wildman–Crippen LogP) is -0.653. The molecule has 0 radical (unpaired) electrons. The molecule has 0 aliphatic carbocycles. The smallest absolute Gasteiger partial charge is 0.445 e. The van der Waals surface area contributed by atoms with Crippen LogP contribution in [0.2, 0.25) is 0 Å². The molecule has 0 N–H and O–H groups in total. The Labute approximate surface area is 135 Å². The van der Waals surface area contributed by atoms with Crippen LogP contribution < -0.4 is 56.8 Å². The van der Waals surface area contributed by atoms with Crippen molar-refractivity contribution in [3.8, 4) is 0 Å². The van der Waals surface area contributed by atoms with Crippen LogP contribution >= 0.6 is 0 Å². The summed E-state index contributed by atoms with van der Waals surface area (Å²) in [4.78, 5) is 10.6. The Morgan fingerprint density at radius 2 is 1.69 bits per heavy atom. The fourth-order valence-electron chi connectivity index (χ4n) is 1.04. The van der Waals surface area contributed by atoms with Crippen LogP contribution in [0.1, 0.15) is 12.5 Å². The van der Waals surface area contributed by atoms with E-state index in [9.17, 15) is 17.7 Å². The predicted molar refractivity (Wildman–Crippen MR) is 54.9 cm³/mol. The molecule has 0 aliphatic rings. The minimum absolute atomic E-state index is 0. The summed E-state index contributed by atoms with van der Waals surface area (Å²) in [5, 5.41) is 0. The Kier molecular flexibility index (Phi) is 6.81. The minimum Gasteiger partial charge on any atom is -0.445 e. The van der Waals surface area contributed by atoms with Crippen LogP contribution in [0.15, 0.2) is 30.3 Å². The van der Waals surface area contributed by atoms with Gasteiger partial charge in [-0.2, -0.15) is 0 Å². The number of rotatable bonds is 3. The van der Waals surface area contributed by atoms with Crippen LogP contribution in [-0.2, 0) is 4.79 Å². The van der Waals surface area contributed by atoms with E-state index in [1.807, 2.05) is 0 Å². The van der Waals surface area contributed by atoms with Gasteiger partial charge in [0.2, 0.25) is 0 Å². The molecule has 6 heteroatoms. The molecule has 0 unspecified atom stereocenters. The minimum atomic E-state index is -4.94. The van der Waals surface area contributed by atoms with Crippen molar-refractivity contribution in [3.05, 3.63) is 35.9 Å². The number of halogens is 3. The van der Waals surface area contributed by atoms with Crippen LogP contribution in [0, 0.1) is 0 Å². The Morgan fingerprint density at radius 3 is 2.06 bits per heavy atom. The summed E-state index contributed by atoms with van der Waals surface area (Å²) in [6, 6.07) is 4.70. The molecule has 0 atom stereocenters. The summed E-state index contributed by atoms with van der Waals surface area (Å²) < 4.78 is 36.7. The molecule has 1 aromatic rings. The van der Waals surface area contributed by atoms with Crippen LogP contribution in [0.4, 0.5) is 12.9 Å². The number of hydrogen-bond acceptors (Lipinski definition) is 1. The van der Waals surface area contributed by atoms with Gasteiger partial charge in [0.05, 0.1) is 0 Å². The fourth-order valence-corrected chi connectivity index (χ4v) is 1.04. The van der Waals surface area contributed by atoms with E-state index < -0.39 is 12.4 Å². The molecular formula is C10H9BF3KO. The van der Waals surface area contributed by atoms with Crippen molar-refractivity contribution < 1.29 is 69.1 Å². The number of benzene rings is 1. The summed E-state index contributed by atoms with van der Waals surface area (Å²) in [5.41, 5.74) is -0.0519. The average Bonchev–Trinajstić information content (AvgIpc) is 2.14. The maximum absolute atomic E-state index is 12.2. The fraction of sp³-hybridized carbons (Fsp3) is 0.100. The van der Waals surface area contributed by atoms with Crippen molar-refractivity contribution in [1.29, 1.82) is 0 Å². The summed E-state index contributed by atoms with van der Waals surface area (Å²) in [7, 11) is 0. The maximum atomic E-state index is 12.2. The van der Waals surface area contributed by atoms with E-state index in [2.05, 4.69) is 0 Å². The normalized spacial score (nSPS) is 11.2. The molecule has 0 saturated heterocycles. The van der Waals surface area contributed by atoms with Crippen molar-refractivity contribution >= 4 is 24.3 Å². The second-order valence-electron chi connectivity index (χ2n) is 3.19. The average molecular weight is 252 g/mol. The molecule has 16 heavy (non-hydrogen) atoms. The number of allylic oxidation sites excluding steroid dienone is 1. The SMILES string of the molecule is CC(=O)/C=C/c1ccc([B-](F)(F)F)cc1.[K+]. The van der Waals surface area contributed by atoms with Gasteiger partial charge < -0.3 is 12.9 Å². The molecule has 0 fully saturated rings. The van der Waals surface area contributed by atoms with E-state index in [1.54, 1.807) is 0 Å². The summed E-state index contributed by atoms with van der Waals surface area (Å²) in [6.45, 7) is -3.56. The van der Waals surface area contributed by atoms with E-state index in [1.165, 1.54) is 31.2 Å². The van der Waals surface area contributed by atoms with Gasteiger partial charge in [-0.1, -0.05) is 30.3 Å². The Hall–Kier alpha value is 0.121. The van der Waals surface area contributed by atoms with Gasteiger partial charge >= 0.3 is 58.4 Å². The van der Waals surface area contributed by atoms with Crippen LogP contribution in [-0.4, -0.2) is 12.8 Å². The van der Waals surface area contributed by atoms with Gasteiger partial charge in [0.1, 0.15) is 0 Å². The second kappa shape index (κ2) is 6.76. The van der Waals surface area contributed by atoms with Crippen LogP contribution in [0.25, 0.3) is 6.08 Å². The Morgan fingerprint density at radius 1 is 1.19 bits per heavy atom. The van der Waals surface area contributed by atoms with E-state index >= 15 is 0 Å². The van der Waals surface area contributed by atoms with Gasteiger partial charge in [-0.3, -0.25) is 4.79 Å². The van der Waals surface area contributed by atoms with Crippen LogP contribution in [0.3, 0.4) is 0 Å². The largest absolute Gasteiger partial charge is 1.00 e. The number of carbonyl (C=O) groups excluding carboxylic acids is 1. The zero-order valence-electron chi connectivity index (χ0n) is 9.08. The number of ketones is 1. The van der Waals surface area contributed by atoms with Gasteiger partial charge in [0.25, 0.3) is 0 Å². The van der Waals surface area contributed by atoms with E-state index in [0.717, 1.165) is 12.1 Å².